The Balaban J connectivity index is 2.61. The van der Waals surface area contributed by atoms with Crippen LogP contribution in [-0.4, -0.2) is 18.0 Å². The van der Waals surface area contributed by atoms with E-state index >= 15 is 0 Å². The summed E-state index contributed by atoms with van der Waals surface area (Å²) in [5.41, 5.74) is 3.92. The summed E-state index contributed by atoms with van der Waals surface area (Å²) >= 11 is 0. The molecular formula is C6H9N3O2. The van der Waals surface area contributed by atoms with Crippen LogP contribution < -0.4 is 11.1 Å². The Hall–Kier alpha value is -1.52. The zero-order chi connectivity index (χ0) is 8.32. The van der Waals surface area contributed by atoms with E-state index in [1.54, 1.807) is 19.3 Å². The Kier molecular flexibility index (Phi) is 1.80. The molecule has 1 unspecified atom stereocenters. The molecular weight excluding hydrogens is 146 g/mol. The first kappa shape index (κ1) is 7.59. The van der Waals surface area contributed by atoms with Crippen LogP contribution in [0.1, 0.15) is 6.92 Å². The van der Waals surface area contributed by atoms with Crippen molar-refractivity contribution in [3.8, 4) is 0 Å². The lowest BCUT2D eigenvalue weighted by atomic mass is 10.3. The summed E-state index contributed by atoms with van der Waals surface area (Å²) in [6.45, 7) is 1.64. The van der Waals surface area contributed by atoms with E-state index in [1.165, 1.54) is 6.21 Å². The lowest BCUT2D eigenvalue weighted by molar-refractivity contribution is 0.0691. The van der Waals surface area contributed by atoms with Crippen LogP contribution in [0, 0.1) is 0 Å². The van der Waals surface area contributed by atoms with Crippen molar-refractivity contribution < 1.29 is 9.53 Å². The Morgan fingerprint density at radius 3 is 3.00 bits per heavy atom. The normalized spacial score (nSPS) is 27.7. The quantitative estimate of drug-likeness (QED) is 0.557. The molecule has 0 bridgehead atoms. The smallest absolute Gasteiger partial charge is 0.406 e. The Labute approximate surface area is 63.9 Å². The SMILES string of the molecule is CC1(OC(N)=O)C=NC=CN1. The largest absolute Gasteiger partial charge is 0.418 e. The van der Waals surface area contributed by atoms with Gasteiger partial charge in [0.25, 0.3) is 0 Å². The lowest BCUT2D eigenvalue weighted by Gasteiger charge is -2.25. The molecule has 0 aromatic carbocycles. The number of nitrogens with one attached hydrogen (secondary N) is 1. The summed E-state index contributed by atoms with van der Waals surface area (Å²) in [7, 11) is 0. The maximum Gasteiger partial charge on any atom is 0.406 e. The number of rotatable bonds is 1. The molecule has 0 aromatic heterocycles. The van der Waals surface area contributed by atoms with Crippen molar-refractivity contribution in [1.29, 1.82) is 0 Å². The van der Waals surface area contributed by atoms with Crippen molar-refractivity contribution in [1.82, 2.24) is 5.32 Å². The third-order valence-electron chi connectivity index (χ3n) is 1.16. The number of ether oxygens (including phenoxy) is 1. The fourth-order valence-corrected chi connectivity index (χ4v) is 0.733. The number of nitrogens with zero attached hydrogens (tertiary/aromatic N) is 1. The van der Waals surface area contributed by atoms with E-state index < -0.39 is 11.8 Å². The van der Waals surface area contributed by atoms with Crippen LogP contribution in [-0.2, 0) is 4.74 Å². The fourth-order valence-electron chi connectivity index (χ4n) is 0.733. The molecule has 0 aliphatic carbocycles. The predicted octanol–water partition coefficient (Wildman–Crippen LogP) is -0.0569. The number of hydrogen-bond acceptors (Lipinski definition) is 4. The minimum Gasteiger partial charge on any atom is -0.418 e. The molecule has 3 N–H and O–H groups in total. The van der Waals surface area contributed by atoms with E-state index in [-0.39, 0.29) is 0 Å². The summed E-state index contributed by atoms with van der Waals surface area (Å²) in [5.74, 6) is 0. The molecule has 11 heavy (non-hydrogen) atoms. The standard InChI is InChI=1S/C6H9N3O2/c1-6(11-5(7)10)4-8-2-3-9-6/h2-4,9H,1H3,(H2,7,10). The average molecular weight is 155 g/mol. The maximum absolute atomic E-state index is 10.3. The van der Waals surface area contributed by atoms with Gasteiger partial charge >= 0.3 is 6.09 Å². The van der Waals surface area contributed by atoms with Gasteiger partial charge in [0.2, 0.25) is 5.72 Å². The number of hydrogen-bond donors (Lipinski definition) is 2. The topological polar surface area (TPSA) is 76.7 Å². The van der Waals surface area contributed by atoms with E-state index in [4.69, 9.17) is 10.5 Å². The predicted molar refractivity (Wildman–Crippen MR) is 39.8 cm³/mol. The van der Waals surface area contributed by atoms with Crippen molar-refractivity contribution in [2.24, 2.45) is 10.7 Å². The van der Waals surface area contributed by atoms with Crippen molar-refractivity contribution in [3.05, 3.63) is 12.4 Å². The Morgan fingerprint density at radius 1 is 1.82 bits per heavy atom. The molecule has 0 saturated heterocycles. The molecule has 1 heterocycles. The van der Waals surface area contributed by atoms with Crippen molar-refractivity contribution in [2.75, 3.05) is 0 Å². The third kappa shape index (κ3) is 1.96. The first-order chi connectivity index (χ1) is 5.12. The number of amides is 1. The minimum atomic E-state index is -0.902. The van der Waals surface area contributed by atoms with E-state index in [0.717, 1.165) is 0 Å². The summed E-state index contributed by atoms with van der Waals surface area (Å²) in [5, 5.41) is 2.77. The number of nitrogens with two attached hydrogens (primary N) is 1. The molecule has 1 rings (SSSR count). The van der Waals surface area contributed by atoms with E-state index in [9.17, 15) is 4.79 Å². The highest BCUT2D eigenvalue weighted by Crippen LogP contribution is 2.05. The summed E-state index contributed by atoms with van der Waals surface area (Å²) in [4.78, 5) is 14.1. The molecule has 5 heteroatoms. The van der Waals surface area contributed by atoms with Gasteiger partial charge in [0.05, 0.1) is 6.21 Å². The molecule has 1 amide bonds. The molecule has 0 spiro atoms. The summed E-state index contributed by atoms with van der Waals surface area (Å²) in [6.07, 6.45) is 3.74. The van der Waals surface area contributed by atoms with Gasteiger partial charge in [0.1, 0.15) is 0 Å². The van der Waals surface area contributed by atoms with Crippen LogP contribution in [0.4, 0.5) is 4.79 Å². The van der Waals surface area contributed by atoms with Crippen LogP contribution in [0.3, 0.4) is 0 Å². The Bertz CT molecular complexity index is 224. The second-order valence-electron chi connectivity index (χ2n) is 2.27. The van der Waals surface area contributed by atoms with Crippen LogP contribution in [0.2, 0.25) is 0 Å². The molecule has 60 valence electrons. The summed E-state index contributed by atoms with van der Waals surface area (Å²) in [6, 6.07) is 0. The number of primary amides is 1. The van der Waals surface area contributed by atoms with Crippen LogP contribution >= 0.6 is 0 Å². The molecule has 0 fully saturated rings. The number of carbonyl (C=O) groups excluding carboxylic acids is 1. The van der Waals surface area contributed by atoms with Crippen molar-refractivity contribution in [2.45, 2.75) is 12.6 Å². The van der Waals surface area contributed by atoms with E-state index in [1.807, 2.05) is 0 Å². The number of aliphatic imine (C=N–C) groups is 1. The monoisotopic (exact) mass is 155 g/mol. The highest BCUT2D eigenvalue weighted by Gasteiger charge is 2.24. The van der Waals surface area contributed by atoms with Gasteiger partial charge in [-0.2, -0.15) is 0 Å². The first-order valence-corrected chi connectivity index (χ1v) is 3.08. The number of carbonyl (C=O) groups is 1. The van der Waals surface area contributed by atoms with E-state index in [0.29, 0.717) is 0 Å². The first-order valence-electron chi connectivity index (χ1n) is 3.08. The molecule has 0 radical (unpaired) electrons. The van der Waals surface area contributed by atoms with Crippen molar-refractivity contribution >= 4 is 12.3 Å². The second kappa shape index (κ2) is 2.61. The van der Waals surface area contributed by atoms with Gasteiger partial charge in [-0.15, -0.1) is 0 Å². The van der Waals surface area contributed by atoms with Gasteiger partial charge < -0.3 is 15.8 Å². The van der Waals surface area contributed by atoms with Gasteiger partial charge in [-0.3, -0.25) is 4.99 Å². The van der Waals surface area contributed by atoms with Gasteiger partial charge in [0.15, 0.2) is 0 Å². The molecule has 1 aliphatic heterocycles. The highest BCUT2D eigenvalue weighted by atomic mass is 16.6. The zero-order valence-electron chi connectivity index (χ0n) is 6.07. The molecule has 0 aromatic rings. The van der Waals surface area contributed by atoms with Crippen molar-refractivity contribution in [3.63, 3.8) is 0 Å². The fraction of sp³-hybridized carbons (Fsp3) is 0.333. The molecule has 1 atom stereocenters. The molecule has 0 saturated carbocycles. The molecule has 5 nitrogen and oxygen atoms in total. The zero-order valence-corrected chi connectivity index (χ0v) is 6.07. The van der Waals surface area contributed by atoms with Gasteiger partial charge in [-0.05, 0) is 0 Å². The van der Waals surface area contributed by atoms with Gasteiger partial charge in [0, 0.05) is 19.3 Å². The highest BCUT2D eigenvalue weighted by molar-refractivity contribution is 5.75. The van der Waals surface area contributed by atoms with Gasteiger partial charge in [-0.25, -0.2) is 4.79 Å². The van der Waals surface area contributed by atoms with Gasteiger partial charge in [-0.1, -0.05) is 0 Å². The van der Waals surface area contributed by atoms with Crippen LogP contribution in [0.15, 0.2) is 17.4 Å². The minimum absolute atomic E-state index is 0.832. The maximum atomic E-state index is 10.3. The van der Waals surface area contributed by atoms with E-state index in [2.05, 4.69) is 10.3 Å². The average Bonchev–Trinajstić information content (AvgIpc) is 1.85. The third-order valence-corrected chi connectivity index (χ3v) is 1.16. The Morgan fingerprint density at radius 2 is 2.55 bits per heavy atom. The van der Waals surface area contributed by atoms with Crippen LogP contribution in [0.25, 0.3) is 0 Å². The van der Waals surface area contributed by atoms with Crippen LogP contribution in [0.5, 0.6) is 0 Å². The summed E-state index contributed by atoms with van der Waals surface area (Å²) < 4.78 is 4.71. The second-order valence-corrected chi connectivity index (χ2v) is 2.27. The lowest BCUT2D eigenvalue weighted by Crippen LogP contribution is -2.47. The molecule has 1 aliphatic rings.